The van der Waals surface area contributed by atoms with Crippen molar-refractivity contribution in [3.63, 3.8) is 0 Å². The van der Waals surface area contributed by atoms with Gasteiger partial charge in [-0.25, -0.2) is 9.97 Å². The molecule has 1 aliphatic heterocycles. The number of aromatic nitrogens is 4. The molecule has 0 saturated carbocycles. The zero-order valence-corrected chi connectivity index (χ0v) is 14.3. The summed E-state index contributed by atoms with van der Waals surface area (Å²) in [5.74, 6) is 2.20. The number of piperidine rings is 1. The fourth-order valence-corrected chi connectivity index (χ4v) is 3.55. The van der Waals surface area contributed by atoms with Crippen molar-refractivity contribution >= 4 is 16.7 Å². The van der Waals surface area contributed by atoms with Crippen LogP contribution in [-0.2, 0) is 6.54 Å². The molecule has 0 radical (unpaired) electrons. The third kappa shape index (κ3) is 3.12. The lowest BCUT2D eigenvalue weighted by atomic mass is 9.96. The van der Waals surface area contributed by atoms with Crippen LogP contribution >= 0.6 is 0 Å². The smallest absolute Gasteiger partial charge is 0.261 e. The number of hydrogen-bond donors (Lipinski definition) is 0. The summed E-state index contributed by atoms with van der Waals surface area (Å²) in [4.78, 5) is 28.2. The number of anilines is 1. The molecular weight excluding hydrogens is 314 g/mol. The lowest BCUT2D eigenvalue weighted by Gasteiger charge is -2.33. The highest BCUT2D eigenvalue weighted by Crippen LogP contribution is 2.22. The maximum absolute atomic E-state index is 12.8. The van der Waals surface area contributed by atoms with Crippen LogP contribution in [-0.4, -0.2) is 32.6 Å². The lowest BCUT2D eigenvalue weighted by molar-refractivity contribution is 0.348. The van der Waals surface area contributed by atoms with Gasteiger partial charge >= 0.3 is 0 Å². The van der Waals surface area contributed by atoms with Crippen molar-refractivity contribution in [3.8, 4) is 0 Å². The quantitative estimate of drug-likeness (QED) is 0.735. The first-order valence-corrected chi connectivity index (χ1v) is 8.69. The molecule has 1 aliphatic rings. The Morgan fingerprint density at radius 1 is 1.16 bits per heavy atom. The van der Waals surface area contributed by atoms with Crippen LogP contribution in [0.5, 0.6) is 0 Å². The lowest BCUT2D eigenvalue weighted by Crippen LogP contribution is -2.37. The van der Waals surface area contributed by atoms with E-state index >= 15 is 0 Å². The molecule has 3 aromatic rings. The highest BCUT2D eigenvalue weighted by atomic mass is 16.1. The summed E-state index contributed by atoms with van der Waals surface area (Å²) in [5.41, 5.74) is 0.846. The molecule has 0 bridgehead atoms. The molecule has 4 rings (SSSR count). The highest BCUT2D eigenvalue weighted by Gasteiger charge is 2.22. The molecule has 6 heteroatoms. The van der Waals surface area contributed by atoms with Gasteiger partial charge < -0.3 is 4.90 Å². The van der Waals surface area contributed by atoms with E-state index < -0.39 is 0 Å². The third-order valence-corrected chi connectivity index (χ3v) is 4.98. The largest absolute Gasteiger partial charge is 0.355 e. The first kappa shape index (κ1) is 15.7. The maximum atomic E-state index is 12.8. The molecule has 1 saturated heterocycles. The van der Waals surface area contributed by atoms with E-state index in [-0.39, 0.29) is 5.56 Å². The van der Waals surface area contributed by atoms with Gasteiger partial charge in [0.2, 0.25) is 0 Å². The molecule has 0 spiro atoms. The van der Waals surface area contributed by atoms with E-state index in [2.05, 4.69) is 19.9 Å². The van der Waals surface area contributed by atoms with E-state index in [0.29, 0.717) is 11.3 Å². The van der Waals surface area contributed by atoms with Crippen LogP contribution in [0.25, 0.3) is 10.9 Å². The second-order valence-corrected chi connectivity index (χ2v) is 6.59. The third-order valence-electron chi connectivity index (χ3n) is 4.98. The van der Waals surface area contributed by atoms with Crippen LogP contribution in [0.4, 0.5) is 5.82 Å². The molecule has 0 amide bonds. The molecule has 1 aromatic carbocycles. The fraction of sp³-hybridized carbons (Fsp3) is 0.368. The average Bonchev–Trinajstić information content (AvgIpc) is 2.66. The number of aryl methyl sites for hydroxylation is 1. The van der Waals surface area contributed by atoms with Crippen LogP contribution in [0.1, 0.15) is 18.7 Å². The summed E-state index contributed by atoms with van der Waals surface area (Å²) < 4.78 is 1.84. The summed E-state index contributed by atoms with van der Waals surface area (Å²) in [6, 6.07) is 7.57. The van der Waals surface area contributed by atoms with Crippen molar-refractivity contribution in [1.82, 2.24) is 19.5 Å². The molecule has 0 atom stereocenters. The summed E-state index contributed by atoms with van der Waals surface area (Å²) in [7, 11) is 0. The van der Waals surface area contributed by atoms with Crippen LogP contribution < -0.4 is 10.5 Å². The van der Waals surface area contributed by atoms with E-state index in [1.807, 2.05) is 42.0 Å². The Labute approximate surface area is 146 Å². The number of fused-ring (bicyclic) bond motifs is 1. The van der Waals surface area contributed by atoms with Crippen LogP contribution in [0, 0.1) is 12.8 Å². The standard InChI is InChI=1S/C19H21N5O/c1-14-22-17-5-3-2-4-16(17)19(25)24(14)13-15-6-10-23(11-7-15)18-12-20-8-9-21-18/h2-5,8-9,12,15H,6-7,10-11,13H2,1H3. The number of rotatable bonds is 3. The van der Waals surface area contributed by atoms with Crippen molar-refractivity contribution in [2.75, 3.05) is 18.0 Å². The number of nitrogens with zero attached hydrogens (tertiary/aromatic N) is 5. The van der Waals surface area contributed by atoms with E-state index in [1.54, 1.807) is 12.4 Å². The van der Waals surface area contributed by atoms with E-state index in [4.69, 9.17) is 0 Å². The minimum absolute atomic E-state index is 0.0689. The van der Waals surface area contributed by atoms with Gasteiger partial charge in [0.05, 0.1) is 17.1 Å². The summed E-state index contributed by atoms with van der Waals surface area (Å²) in [5, 5.41) is 0.699. The first-order chi connectivity index (χ1) is 12.2. The van der Waals surface area contributed by atoms with Crippen LogP contribution in [0.2, 0.25) is 0 Å². The van der Waals surface area contributed by atoms with Crippen molar-refractivity contribution in [2.45, 2.75) is 26.3 Å². The fourth-order valence-electron chi connectivity index (χ4n) is 3.55. The molecule has 6 nitrogen and oxygen atoms in total. The minimum atomic E-state index is 0.0689. The molecule has 3 heterocycles. The van der Waals surface area contributed by atoms with Gasteiger partial charge in [-0.3, -0.25) is 14.3 Å². The molecule has 0 aliphatic carbocycles. The summed E-state index contributed by atoms with van der Waals surface area (Å²) >= 11 is 0. The Balaban J connectivity index is 1.51. The molecule has 2 aromatic heterocycles. The summed E-state index contributed by atoms with van der Waals surface area (Å²) in [6.45, 7) is 4.54. The van der Waals surface area contributed by atoms with Gasteiger partial charge in [0.25, 0.3) is 5.56 Å². The number of para-hydroxylation sites is 1. The molecule has 25 heavy (non-hydrogen) atoms. The second kappa shape index (κ2) is 6.63. The number of benzene rings is 1. The van der Waals surface area contributed by atoms with E-state index in [9.17, 15) is 4.79 Å². The predicted octanol–water partition coefficient (Wildman–Crippen LogP) is 2.41. The molecule has 0 N–H and O–H groups in total. The Morgan fingerprint density at radius 2 is 1.96 bits per heavy atom. The maximum Gasteiger partial charge on any atom is 0.261 e. The highest BCUT2D eigenvalue weighted by molar-refractivity contribution is 5.77. The molecule has 1 fully saturated rings. The minimum Gasteiger partial charge on any atom is -0.355 e. The van der Waals surface area contributed by atoms with Gasteiger partial charge in [0.1, 0.15) is 11.6 Å². The molecular formula is C19H21N5O. The molecule has 128 valence electrons. The van der Waals surface area contributed by atoms with Gasteiger partial charge in [-0.05, 0) is 37.8 Å². The van der Waals surface area contributed by atoms with Crippen molar-refractivity contribution in [3.05, 3.63) is 59.0 Å². The van der Waals surface area contributed by atoms with Crippen molar-refractivity contribution in [2.24, 2.45) is 5.92 Å². The van der Waals surface area contributed by atoms with Crippen molar-refractivity contribution < 1.29 is 0 Å². The summed E-state index contributed by atoms with van der Waals surface area (Å²) in [6.07, 6.45) is 7.30. The molecule has 0 unspecified atom stereocenters. The van der Waals surface area contributed by atoms with Gasteiger partial charge in [0.15, 0.2) is 0 Å². The first-order valence-electron chi connectivity index (χ1n) is 8.69. The Morgan fingerprint density at radius 3 is 2.72 bits per heavy atom. The zero-order valence-electron chi connectivity index (χ0n) is 14.3. The van der Waals surface area contributed by atoms with E-state index in [1.165, 1.54) is 0 Å². The second-order valence-electron chi connectivity index (χ2n) is 6.59. The van der Waals surface area contributed by atoms with Gasteiger partial charge in [-0.2, -0.15) is 0 Å². The zero-order chi connectivity index (χ0) is 17.2. The van der Waals surface area contributed by atoms with Gasteiger partial charge in [-0.15, -0.1) is 0 Å². The van der Waals surface area contributed by atoms with E-state index in [0.717, 1.165) is 49.6 Å². The van der Waals surface area contributed by atoms with Crippen LogP contribution in [0.15, 0.2) is 47.7 Å². The monoisotopic (exact) mass is 335 g/mol. The Bertz CT molecular complexity index is 929. The topological polar surface area (TPSA) is 63.9 Å². The SMILES string of the molecule is Cc1nc2ccccc2c(=O)n1CC1CCN(c2cnccn2)CC1. The predicted molar refractivity (Wildman–Crippen MR) is 97.7 cm³/mol. The van der Waals surface area contributed by atoms with Crippen LogP contribution in [0.3, 0.4) is 0 Å². The normalized spacial score (nSPS) is 15.6. The Kier molecular flexibility index (Phi) is 4.17. The Hall–Kier alpha value is -2.76. The van der Waals surface area contributed by atoms with Gasteiger partial charge in [-0.1, -0.05) is 12.1 Å². The van der Waals surface area contributed by atoms with Gasteiger partial charge in [0, 0.05) is 32.0 Å². The average molecular weight is 335 g/mol. The van der Waals surface area contributed by atoms with Crippen molar-refractivity contribution in [1.29, 1.82) is 0 Å². The number of hydrogen-bond acceptors (Lipinski definition) is 5.